The summed E-state index contributed by atoms with van der Waals surface area (Å²) in [6.07, 6.45) is 3.99. The third kappa shape index (κ3) is 4.07. The van der Waals surface area contributed by atoms with Crippen LogP contribution in [-0.2, 0) is 6.42 Å². The monoisotopic (exact) mass is 320 g/mol. The Kier molecular flexibility index (Phi) is 6.85. The van der Waals surface area contributed by atoms with Gasteiger partial charge in [0, 0.05) is 16.7 Å². The van der Waals surface area contributed by atoms with Gasteiger partial charge in [0.15, 0.2) is 0 Å². The van der Waals surface area contributed by atoms with Crippen LogP contribution in [0.5, 0.6) is 11.5 Å². The molecule has 0 aromatic heterocycles. The molecule has 0 saturated heterocycles. The summed E-state index contributed by atoms with van der Waals surface area (Å²) in [5, 5.41) is 2.25. The maximum absolute atomic E-state index is 6.09. The van der Waals surface area contributed by atoms with E-state index in [2.05, 4.69) is 38.1 Å². The molecule has 2 nitrogen and oxygen atoms in total. The van der Waals surface area contributed by atoms with E-state index in [0.717, 1.165) is 54.6 Å². The van der Waals surface area contributed by atoms with Crippen LogP contribution in [-0.4, -0.2) is 19.1 Å². The number of aryl methyl sites for hydroxylation is 1. The largest absolute Gasteiger partial charge is 0.493 e. The van der Waals surface area contributed by atoms with Gasteiger partial charge in [-0.15, -0.1) is 11.6 Å². The third-order valence-electron chi connectivity index (χ3n) is 3.69. The van der Waals surface area contributed by atoms with Gasteiger partial charge in [-0.05, 0) is 30.9 Å². The summed E-state index contributed by atoms with van der Waals surface area (Å²) < 4.78 is 12.0. The fourth-order valence-corrected chi connectivity index (χ4v) is 2.59. The van der Waals surface area contributed by atoms with Crippen molar-refractivity contribution < 1.29 is 9.47 Å². The molecule has 0 aliphatic carbocycles. The molecule has 2 rings (SSSR count). The molecule has 0 aliphatic heterocycles. The number of unbranched alkanes of at least 4 members (excludes halogenated alkanes) is 1. The lowest BCUT2D eigenvalue weighted by atomic mass is 10.0. The lowest BCUT2D eigenvalue weighted by Gasteiger charge is -2.17. The molecule has 2 aromatic rings. The van der Waals surface area contributed by atoms with Crippen molar-refractivity contribution in [2.75, 3.05) is 19.1 Å². The molecular formula is C19H25ClO2. The molecule has 0 amide bonds. The highest BCUT2D eigenvalue weighted by atomic mass is 35.5. The number of ether oxygens (including phenoxy) is 2. The van der Waals surface area contributed by atoms with E-state index in [1.54, 1.807) is 0 Å². The van der Waals surface area contributed by atoms with Gasteiger partial charge in [0.1, 0.15) is 11.5 Å². The van der Waals surface area contributed by atoms with Gasteiger partial charge in [0.05, 0.1) is 13.2 Å². The Balaban J connectivity index is 2.39. The molecule has 0 aliphatic rings. The van der Waals surface area contributed by atoms with Crippen molar-refractivity contribution in [3.8, 4) is 11.5 Å². The zero-order valence-electron chi connectivity index (χ0n) is 13.5. The second kappa shape index (κ2) is 8.89. The van der Waals surface area contributed by atoms with E-state index in [-0.39, 0.29) is 0 Å². The Morgan fingerprint density at radius 2 is 1.68 bits per heavy atom. The number of benzene rings is 2. The van der Waals surface area contributed by atoms with Crippen molar-refractivity contribution in [3.05, 3.63) is 35.9 Å². The molecule has 0 fully saturated rings. The smallest absolute Gasteiger partial charge is 0.130 e. The Labute approximate surface area is 138 Å². The van der Waals surface area contributed by atoms with Crippen LogP contribution < -0.4 is 9.47 Å². The maximum atomic E-state index is 6.09. The molecule has 0 heterocycles. The van der Waals surface area contributed by atoms with Crippen molar-refractivity contribution in [1.29, 1.82) is 0 Å². The standard InChI is InChI=1S/C19H25ClO2/c1-3-5-12-22-19-15(4-2)14-18(21-13-8-11-20)16-9-6-7-10-17(16)19/h6-7,9-10,14H,3-5,8,11-13H2,1-2H3. The molecule has 2 aromatic carbocycles. The minimum absolute atomic E-state index is 0.622. The zero-order chi connectivity index (χ0) is 15.8. The fourth-order valence-electron chi connectivity index (χ4n) is 2.48. The normalized spacial score (nSPS) is 10.9. The van der Waals surface area contributed by atoms with Gasteiger partial charge in [-0.1, -0.05) is 44.5 Å². The summed E-state index contributed by atoms with van der Waals surface area (Å²) in [4.78, 5) is 0. The second-order valence-electron chi connectivity index (χ2n) is 5.36. The molecule has 120 valence electrons. The van der Waals surface area contributed by atoms with E-state index in [0.29, 0.717) is 12.5 Å². The van der Waals surface area contributed by atoms with Gasteiger partial charge in [-0.25, -0.2) is 0 Å². The Bertz CT molecular complexity index is 595. The summed E-state index contributed by atoms with van der Waals surface area (Å²) in [6, 6.07) is 10.4. The van der Waals surface area contributed by atoms with Crippen LogP contribution in [0.2, 0.25) is 0 Å². The first-order chi connectivity index (χ1) is 10.8. The molecular weight excluding hydrogens is 296 g/mol. The molecule has 3 heteroatoms. The lowest BCUT2D eigenvalue weighted by Crippen LogP contribution is -2.03. The Morgan fingerprint density at radius 1 is 0.955 bits per heavy atom. The molecule has 0 atom stereocenters. The van der Waals surface area contributed by atoms with Crippen molar-refractivity contribution in [1.82, 2.24) is 0 Å². The van der Waals surface area contributed by atoms with Crippen LogP contribution in [0.3, 0.4) is 0 Å². The fraction of sp³-hybridized carbons (Fsp3) is 0.474. The van der Waals surface area contributed by atoms with Crippen LogP contribution in [0.25, 0.3) is 10.8 Å². The van der Waals surface area contributed by atoms with E-state index in [9.17, 15) is 0 Å². The first-order valence-corrected chi connectivity index (χ1v) is 8.71. The molecule has 0 saturated carbocycles. The average molecular weight is 321 g/mol. The van der Waals surface area contributed by atoms with Gasteiger partial charge in [0.25, 0.3) is 0 Å². The predicted octanol–water partition coefficient (Wildman–Crippen LogP) is 5.59. The lowest BCUT2D eigenvalue weighted by molar-refractivity contribution is 0.306. The Morgan fingerprint density at radius 3 is 2.36 bits per heavy atom. The first-order valence-electron chi connectivity index (χ1n) is 8.18. The van der Waals surface area contributed by atoms with Crippen LogP contribution in [0, 0.1) is 0 Å². The van der Waals surface area contributed by atoms with E-state index >= 15 is 0 Å². The minimum Gasteiger partial charge on any atom is -0.493 e. The van der Waals surface area contributed by atoms with Crippen LogP contribution in [0.15, 0.2) is 30.3 Å². The van der Waals surface area contributed by atoms with E-state index < -0.39 is 0 Å². The highest BCUT2D eigenvalue weighted by molar-refractivity contribution is 6.17. The molecule has 0 radical (unpaired) electrons. The highest BCUT2D eigenvalue weighted by Gasteiger charge is 2.13. The van der Waals surface area contributed by atoms with E-state index in [4.69, 9.17) is 21.1 Å². The number of halogens is 1. The van der Waals surface area contributed by atoms with Gasteiger partial charge in [-0.2, -0.15) is 0 Å². The molecule has 0 bridgehead atoms. The van der Waals surface area contributed by atoms with E-state index in [1.165, 1.54) is 5.56 Å². The van der Waals surface area contributed by atoms with Crippen molar-refractivity contribution in [2.45, 2.75) is 39.5 Å². The number of hydrogen-bond donors (Lipinski definition) is 0. The number of fused-ring (bicyclic) bond motifs is 1. The summed E-state index contributed by atoms with van der Waals surface area (Å²) in [5.41, 5.74) is 1.20. The zero-order valence-corrected chi connectivity index (χ0v) is 14.3. The van der Waals surface area contributed by atoms with Crippen molar-refractivity contribution in [3.63, 3.8) is 0 Å². The van der Waals surface area contributed by atoms with Gasteiger partial charge in [-0.3, -0.25) is 0 Å². The minimum atomic E-state index is 0.622. The number of rotatable bonds is 9. The summed E-state index contributed by atoms with van der Waals surface area (Å²) in [5.74, 6) is 2.56. The van der Waals surface area contributed by atoms with Gasteiger partial charge >= 0.3 is 0 Å². The van der Waals surface area contributed by atoms with Crippen molar-refractivity contribution >= 4 is 22.4 Å². The van der Waals surface area contributed by atoms with Gasteiger partial charge < -0.3 is 9.47 Å². The third-order valence-corrected chi connectivity index (χ3v) is 3.96. The predicted molar refractivity (Wildman–Crippen MR) is 94.6 cm³/mol. The van der Waals surface area contributed by atoms with Crippen LogP contribution in [0.4, 0.5) is 0 Å². The highest BCUT2D eigenvalue weighted by Crippen LogP contribution is 2.37. The van der Waals surface area contributed by atoms with Crippen LogP contribution in [0.1, 0.15) is 38.7 Å². The summed E-state index contributed by atoms with van der Waals surface area (Å²) in [6.45, 7) is 5.74. The van der Waals surface area contributed by atoms with Crippen molar-refractivity contribution in [2.24, 2.45) is 0 Å². The quantitative estimate of drug-likeness (QED) is 0.443. The maximum Gasteiger partial charge on any atom is 0.130 e. The molecule has 0 N–H and O–H groups in total. The van der Waals surface area contributed by atoms with Crippen LogP contribution >= 0.6 is 11.6 Å². The molecule has 0 unspecified atom stereocenters. The number of alkyl halides is 1. The number of hydrogen-bond acceptors (Lipinski definition) is 2. The molecule has 0 spiro atoms. The molecule has 22 heavy (non-hydrogen) atoms. The van der Waals surface area contributed by atoms with E-state index in [1.807, 2.05) is 6.07 Å². The summed E-state index contributed by atoms with van der Waals surface area (Å²) >= 11 is 5.74. The van der Waals surface area contributed by atoms with Gasteiger partial charge in [0.2, 0.25) is 0 Å². The topological polar surface area (TPSA) is 18.5 Å². The first kappa shape index (κ1) is 17.0. The second-order valence-corrected chi connectivity index (χ2v) is 5.73. The Hall–Kier alpha value is -1.41. The summed E-state index contributed by atoms with van der Waals surface area (Å²) in [7, 11) is 0. The SMILES string of the molecule is CCCCOc1c(CC)cc(OCCCCl)c2ccccc12. The average Bonchev–Trinajstić information content (AvgIpc) is 2.56.